The molecule has 0 aliphatic carbocycles. The van der Waals surface area contributed by atoms with Crippen LogP contribution in [0.3, 0.4) is 0 Å². The molecule has 1 aliphatic rings. The van der Waals surface area contributed by atoms with Crippen LogP contribution in [0.1, 0.15) is 6.42 Å². The number of nitrogens with one attached hydrogen (secondary N) is 1. The molecule has 0 saturated carbocycles. The van der Waals surface area contributed by atoms with E-state index in [9.17, 15) is 14.4 Å². The van der Waals surface area contributed by atoms with Gasteiger partial charge in [-0.1, -0.05) is 6.08 Å². The summed E-state index contributed by atoms with van der Waals surface area (Å²) in [4.78, 5) is 34.3. The fraction of sp³-hybridized carbons (Fsp3) is 0.375. The Kier molecular flexibility index (Phi) is 2.46. The van der Waals surface area contributed by atoms with Crippen LogP contribution in [-0.2, 0) is 9.59 Å². The van der Waals surface area contributed by atoms with E-state index >= 15 is 0 Å². The maximum atomic E-state index is 11.3. The second-order valence-electron chi connectivity index (χ2n) is 2.77. The van der Waals surface area contributed by atoms with E-state index in [0.717, 1.165) is 4.90 Å². The van der Waals surface area contributed by atoms with Gasteiger partial charge in [-0.25, -0.2) is 4.79 Å². The number of nitrogens with zero attached hydrogens (tertiary/aromatic N) is 1. The highest BCUT2D eigenvalue weighted by Gasteiger charge is 2.37. The molecule has 0 bridgehead atoms. The summed E-state index contributed by atoms with van der Waals surface area (Å²) >= 11 is 0. The number of allylic oxidation sites excluding steroid dienone is 1. The number of hydrogen-bond acceptors (Lipinski definition) is 3. The highest BCUT2D eigenvalue weighted by molar-refractivity contribution is 6.15. The predicted octanol–water partition coefficient (Wildman–Crippen LogP) is -0.113. The van der Waals surface area contributed by atoms with E-state index in [1.165, 1.54) is 13.1 Å². The summed E-state index contributed by atoms with van der Waals surface area (Å²) in [7, 11) is 1.33. The quantitative estimate of drug-likeness (QED) is 0.478. The minimum absolute atomic E-state index is 0.252. The Labute approximate surface area is 75.4 Å². The Morgan fingerprint density at radius 3 is 2.69 bits per heavy atom. The highest BCUT2D eigenvalue weighted by Crippen LogP contribution is 2.12. The SMILES string of the molecule is C=CCC1C(=O)NC(=O)N(C)C1=O. The average Bonchev–Trinajstić information content (AvgIpc) is 2.09. The number of amides is 4. The first-order valence-corrected chi connectivity index (χ1v) is 3.81. The molecular weight excluding hydrogens is 172 g/mol. The van der Waals surface area contributed by atoms with Crippen molar-refractivity contribution in [3.05, 3.63) is 12.7 Å². The molecule has 0 aromatic rings. The summed E-state index contributed by atoms with van der Waals surface area (Å²) in [6.07, 6.45) is 1.73. The minimum atomic E-state index is -0.805. The van der Waals surface area contributed by atoms with Crippen molar-refractivity contribution in [1.29, 1.82) is 0 Å². The lowest BCUT2D eigenvalue weighted by Crippen LogP contribution is -2.56. The Hall–Kier alpha value is -1.65. The lowest BCUT2D eigenvalue weighted by atomic mass is 10.0. The maximum Gasteiger partial charge on any atom is 0.330 e. The van der Waals surface area contributed by atoms with Gasteiger partial charge in [-0.2, -0.15) is 0 Å². The van der Waals surface area contributed by atoms with Gasteiger partial charge in [-0.05, 0) is 6.42 Å². The van der Waals surface area contributed by atoms with Crippen LogP contribution in [0.5, 0.6) is 0 Å². The minimum Gasteiger partial charge on any atom is -0.277 e. The van der Waals surface area contributed by atoms with Gasteiger partial charge in [0.25, 0.3) is 0 Å². The Morgan fingerprint density at radius 2 is 2.15 bits per heavy atom. The van der Waals surface area contributed by atoms with Crippen molar-refractivity contribution in [2.45, 2.75) is 6.42 Å². The molecule has 4 amide bonds. The molecule has 5 nitrogen and oxygen atoms in total. The molecule has 1 aliphatic heterocycles. The second kappa shape index (κ2) is 3.38. The van der Waals surface area contributed by atoms with Gasteiger partial charge >= 0.3 is 6.03 Å². The third kappa shape index (κ3) is 1.58. The molecule has 1 fully saturated rings. The number of urea groups is 1. The van der Waals surface area contributed by atoms with Crippen molar-refractivity contribution < 1.29 is 14.4 Å². The molecule has 1 saturated heterocycles. The van der Waals surface area contributed by atoms with Crippen LogP contribution in [0, 0.1) is 5.92 Å². The van der Waals surface area contributed by atoms with E-state index in [1.807, 2.05) is 0 Å². The molecule has 0 spiro atoms. The third-order valence-corrected chi connectivity index (χ3v) is 1.88. The van der Waals surface area contributed by atoms with Crippen LogP contribution >= 0.6 is 0 Å². The lowest BCUT2D eigenvalue weighted by Gasteiger charge is -2.26. The van der Waals surface area contributed by atoms with Gasteiger partial charge in [-0.3, -0.25) is 19.8 Å². The smallest absolute Gasteiger partial charge is 0.277 e. The number of barbiturate groups is 1. The molecule has 1 unspecified atom stereocenters. The Morgan fingerprint density at radius 1 is 1.54 bits per heavy atom. The largest absolute Gasteiger partial charge is 0.330 e. The van der Waals surface area contributed by atoms with Gasteiger partial charge in [0.15, 0.2) is 0 Å². The molecule has 1 rings (SSSR count). The van der Waals surface area contributed by atoms with E-state index in [4.69, 9.17) is 0 Å². The first kappa shape index (κ1) is 9.44. The van der Waals surface area contributed by atoms with E-state index in [0.29, 0.717) is 0 Å². The number of carbonyl (C=O) groups is 3. The predicted molar refractivity (Wildman–Crippen MR) is 44.6 cm³/mol. The molecular formula is C8H10N2O3. The van der Waals surface area contributed by atoms with Crippen molar-refractivity contribution in [3.63, 3.8) is 0 Å². The zero-order valence-corrected chi connectivity index (χ0v) is 7.24. The first-order chi connectivity index (χ1) is 6.07. The van der Waals surface area contributed by atoms with Gasteiger partial charge in [0.1, 0.15) is 5.92 Å². The summed E-state index contributed by atoms with van der Waals surface area (Å²) in [6.45, 7) is 3.43. The standard InChI is InChI=1S/C8H10N2O3/c1-3-4-5-6(11)9-8(13)10(2)7(5)12/h3,5H,1,4H2,2H3,(H,9,11,13). The summed E-state index contributed by atoms with van der Waals surface area (Å²) in [5.74, 6) is -1.83. The molecule has 5 heteroatoms. The molecule has 0 aromatic heterocycles. The summed E-state index contributed by atoms with van der Waals surface area (Å²) in [5.41, 5.74) is 0. The fourth-order valence-electron chi connectivity index (χ4n) is 1.10. The molecule has 1 atom stereocenters. The lowest BCUT2D eigenvalue weighted by molar-refractivity contribution is -0.141. The van der Waals surface area contributed by atoms with Crippen molar-refractivity contribution >= 4 is 17.8 Å². The molecule has 70 valence electrons. The fourth-order valence-corrected chi connectivity index (χ4v) is 1.10. The van der Waals surface area contributed by atoms with E-state index in [1.54, 1.807) is 0 Å². The zero-order chi connectivity index (χ0) is 10.0. The normalized spacial score (nSPS) is 23.0. The molecule has 0 radical (unpaired) electrons. The van der Waals surface area contributed by atoms with Crippen LogP contribution in [-0.4, -0.2) is 29.8 Å². The van der Waals surface area contributed by atoms with Crippen molar-refractivity contribution in [2.75, 3.05) is 7.05 Å². The van der Waals surface area contributed by atoms with Gasteiger partial charge in [-0.15, -0.1) is 6.58 Å². The third-order valence-electron chi connectivity index (χ3n) is 1.88. The topological polar surface area (TPSA) is 66.5 Å². The molecule has 13 heavy (non-hydrogen) atoms. The number of imide groups is 2. The number of rotatable bonds is 2. The molecule has 1 heterocycles. The molecule has 1 N–H and O–H groups in total. The first-order valence-electron chi connectivity index (χ1n) is 3.81. The van der Waals surface area contributed by atoms with Gasteiger partial charge in [0, 0.05) is 7.05 Å². The molecule has 0 aromatic carbocycles. The van der Waals surface area contributed by atoms with Crippen LogP contribution in [0.15, 0.2) is 12.7 Å². The van der Waals surface area contributed by atoms with Gasteiger partial charge < -0.3 is 0 Å². The Bertz CT molecular complexity index is 285. The van der Waals surface area contributed by atoms with E-state index in [-0.39, 0.29) is 6.42 Å². The van der Waals surface area contributed by atoms with Crippen LogP contribution in [0.25, 0.3) is 0 Å². The average molecular weight is 182 g/mol. The van der Waals surface area contributed by atoms with Crippen molar-refractivity contribution in [1.82, 2.24) is 10.2 Å². The maximum absolute atomic E-state index is 11.3. The highest BCUT2D eigenvalue weighted by atomic mass is 16.2. The zero-order valence-electron chi connectivity index (χ0n) is 7.24. The van der Waals surface area contributed by atoms with Crippen molar-refractivity contribution in [2.24, 2.45) is 5.92 Å². The van der Waals surface area contributed by atoms with Gasteiger partial charge in [0.05, 0.1) is 0 Å². The van der Waals surface area contributed by atoms with Crippen LogP contribution in [0.4, 0.5) is 4.79 Å². The van der Waals surface area contributed by atoms with E-state index < -0.39 is 23.8 Å². The van der Waals surface area contributed by atoms with Crippen LogP contribution < -0.4 is 5.32 Å². The monoisotopic (exact) mass is 182 g/mol. The summed E-state index contributed by atoms with van der Waals surface area (Å²) < 4.78 is 0. The van der Waals surface area contributed by atoms with E-state index in [2.05, 4.69) is 11.9 Å². The summed E-state index contributed by atoms with van der Waals surface area (Å²) in [5, 5.41) is 2.07. The number of hydrogen-bond donors (Lipinski definition) is 1. The van der Waals surface area contributed by atoms with Crippen molar-refractivity contribution in [3.8, 4) is 0 Å². The number of carbonyl (C=O) groups excluding carboxylic acids is 3. The van der Waals surface area contributed by atoms with Crippen LogP contribution in [0.2, 0.25) is 0 Å². The second-order valence-corrected chi connectivity index (χ2v) is 2.77. The Balaban J connectivity index is 2.85. The summed E-state index contributed by atoms with van der Waals surface area (Å²) in [6, 6.07) is -0.671. The van der Waals surface area contributed by atoms with Gasteiger partial charge in [0.2, 0.25) is 11.8 Å².